The number of hydrogen-bond acceptors (Lipinski definition) is 3. The Balaban J connectivity index is 1.89. The summed E-state index contributed by atoms with van der Waals surface area (Å²) in [6, 6.07) is 0. The lowest BCUT2D eigenvalue weighted by Gasteiger charge is -2.36. The molecule has 3 nitrogen and oxygen atoms in total. The van der Waals surface area contributed by atoms with Crippen LogP contribution in [0.25, 0.3) is 0 Å². The summed E-state index contributed by atoms with van der Waals surface area (Å²) in [5, 5.41) is 3.68. The molecule has 0 aliphatic carbocycles. The molecular formula is C15H29NO2. The Morgan fingerprint density at radius 1 is 1.11 bits per heavy atom. The first-order chi connectivity index (χ1) is 8.49. The molecule has 1 N–H and O–H groups in total. The van der Waals surface area contributed by atoms with Gasteiger partial charge < -0.3 is 14.8 Å². The third-order valence-corrected chi connectivity index (χ3v) is 4.24. The zero-order chi connectivity index (χ0) is 13.1. The van der Waals surface area contributed by atoms with Gasteiger partial charge in [-0.25, -0.2) is 0 Å². The molecule has 1 atom stereocenters. The molecule has 2 aliphatic heterocycles. The lowest BCUT2D eigenvalue weighted by Crippen LogP contribution is -2.45. The summed E-state index contributed by atoms with van der Waals surface area (Å²) in [6.45, 7) is 11.6. The predicted octanol–water partition coefficient (Wildman–Crippen LogP) is 2.60. The van der Waals surface area contributed by atoms with Crippen LogP contribution in [-0.4, -0.2) is 38.5 Å². The van der Waals surface area contributed by atoms with Gasteiger partial charge in [0.2, 0.25) is 0 Å². The maximum atomic E-state index is 5.70. The Morgan fingerprint density at radius 2 is 1.83 bits per heavy atom. The summed E-state index contributed by atoms with van der Waals surface area (Å²) in [7, 11) is 0. The average molecular weight is 255 g/mol. The molecule has 0 aromatic heterocycles. The average Bonchev–Trinajstić information content (AvgIpc) is 2.76. The van der Waals surface area contributed by atoms with Gasteiger partial charge in [-0.3, -0.25) is 0 Å². The molecule has 2 saturated heterocycles. The zero-order valence-electron chi connectivity index (χ0n) is 12.3. The van der Waals surface area contributed by atoms with Gasteiger partial charge in [-0.05, 0) is 52.4 Å². The SMILES string of the molecule is CC(C)(C)NCC1(CC2CCOCC2)CCOC1. The number of nitrogens with one attached hydrogen (secondary N) is 1. The molecule has 0 spiro atoms. The van der Waals surface area contributed by atoms with Crippen molar-refractivity contribution in [1.29, 1.82) is 0 Å². The van der Waals surface area contributed by atoms with E-state index in [2.05, 4.69) is 26.1 Å². The first-order valence-corrected chi connectivity index (χ1v) is 7.40. The van der Waals surface area contributed by atoms with Gasteiger partial charge in [-0.2, -0.15) is 0 Å². The number of ether oxygens (including phenoxy) is 2. The first kappa shape index (κ1) is 14.3. The summed E-state index contributed by atoms with van der Waals surface area (Å²) in [5.41, 5.74) is 0.570. The van der Waals surface area contributed by atoms with Crippen LogP contribution < -0.4 is 5.32 Å². The fourth-order valence-corrected chi connectivity index (χ4v) is 3.04. The summed E-state index contributed by atoms with van der Waals surface area (Å²) >= 11 is 0. The highest BCUT2D eigenvalue weighted by Crippen LogP contribution is 2.38. The van der Waals surface area contributed by atoms with Gasteiger partial charge in [0.05, 0.1) is 6.61 Å². The largest absolute Gasteiger partial charge is 0.381 e. The van der Waals surface area contributed by atoms with Gasteiger partial charge in [0.1, 0.15) is 0 Å². The van der Waals surface area contributed by atoms with Crippen LogP contribution in [0.4, 0.5) is 0 Å². The van der Waals surface area contributed by atoms with Crippen molar-refractivity contribution in [3.8, 4) is 0 Å². The van der Waals surface area contributed by atoms with Crippen molar-refractivity contribution in [2.24, 2.45) is 11.3 Å². The standard InChI is InChI=1S/C15H29NO2/c1-14(2,3)16-11-15(6-9-18-12-15)10-13-4-7-17-8-5-13/h13,16H,4-12H2,1-3H3. The summed E-state index contributed by atoms with van der Waals surface area (Å²) in [4.78, 5) is 0. The molecule has 1 unspecified atom stereocenters. The maximum absolute atomic E-state index is 5.70. The first-order valence-electron chi connectivity index (χ1n) is 7.40. The van der Waals surface area contributed by atoms with E-state index in [0.717, 1.165) is 38.9 Å². The van der Waals surface area contributed by atoms with Crippen molar-refractivity contribution in [1.82, 2.24) is 5.32 Å². The number of hydrogen-bond donors (Lipinski definition) is 1. The molecule has 2 aliphatic rings. The fraction of sp³-hybridized carbons (Fsp3) is 1.00. The highest BCUT2D eigenvalue weighted by Gasteiger charge is 2.38. The van der Waals surface area contributed by atoms with Crippen LogP contribution in [0.15, 0.2) is 0 Å². The van der Waals surface area contributed by atoms with Crippen molar-refractivity contribution >= 4 is 0 Å². The molecule has 0 radical (unpaired) electrons. The third kappa shape index (κ3) is 4.22. The second-order valence-corrected chi connectivity index (χ2v) is 7.17. The minimum Gasteiger partial charge on any atom is -0.381 e. The Bertz CT molecular complexity index is 248. The molecular weight excluding hydrogens is 226 g/mol. The van der Waals surface area contributed by atoms with Gasteiger partial charge in [-0.1, -0.05) is 0 Å². The molecule has 2 heterocycles. The smallest absolute Gasteiger partial charge is 0.0535 e. The van der Waals surface area contributed by atoms with Gasteiger partial charge >= 0.3 is 0 Å². The Labute approximate surface area is 112 Å². The maximum Gasteiger partial charge on any atom is 0.0535 e. The molecule has 18 heavy (non-hydrogen) atoms. The van der Waals surface area contributed by atoms with Crippen molar-refractivity contribution in [2.75, 3.05) is 33.0 Å². The van der Waals surface area contributed by atoms with Crippen LogP contribution in [0.5, 0.6) is 0 Å². The van der Waals surface area contributed by atoms with E-state index < -0.39 is 0 Å². The van der Waals surface area contributed by atoms with E-state index in [-0.39, 0.29) is 5.54 Å². The van der Waals surface area contributed by atoms with Crippen molar-refractivity contribution in [3.63, 3.8) is 0 Å². The van der Waals surface area contributed by atoms with E-state index in [9.17, 15) is 0 Å². The van der Waals surface area contributed by atoms with Crippen LogP contribution in [-0.2, 0) is 9.47 Å². The number of rotatable bonds is 4. The second-order valence-electron chi connectivity index (χ2n) is 7.17. The summed E-state index contributed by atoms with van der Waals surface area (Å²) < 4.78 is 11.2. The van der Waals surface area contributed by atoms with E-state index in [1.165, 1.54) is 25.7 Å². The summed E-state index contributed by atoms with van der Waals surface area (Å²) in [5.74, 6) is 0.835. The normalized spacial score (nSPS) is 30.8. The lowest BCUT2D eigenvalue weighted by atomic mass is 9.76. The van der Waals surface area contributed by atoms with Crippen molar-refractivity contribution in [2.45, 2.75) is 52.0 Å². The molecule has 3 heteroatoms. The molecule has 0 aromatic rings. The minimum atomic E-state index is 0.200. The quantitative estimate of drug-likeness (QED) is 0.837. The fourth-order valence-electron chi connectivity index (χ4n) is 3.04. The van der Waals surface area contributed by atoms with Crippen LogP contribution >= 0.6 is 0 Å². The van der Waals surface area contributed by atoms with Gasteiger partial charge in [0.15, 0.2) is 0 Å². The highest BCUT2D eigenvalue weighted by molar-refractivity contribution is 4.90. The van der Waals surface area contributed by atoms with Gasteiger partial charge in [0, 0.05) is 37.3 Å². The molecule has 106 valence electrons. The monoisotopic (exact) mass is 255 g/mol. The van der Waals surface area contributed by atoms with E-state index in [1.807, 2.05) is 0 Å². The molecule has 0 bridgehead atoms. The third-order valence-electron chi connectivity index (χ3n) is 4.24. The van der Waals surface area contributed by atoms with E-state index in [4.69, 9.17) is 9.47 Å². The van der Waals surface area contributed by atoms with E-state index >= 15 is 0 Å². The van der Waals surface area contributed by atoms with Crippen LogP contribution in [0.3, 0.4) is 0 Å². The van der Waals surface area contributed by atoms with Gasteiger partial charge in [0.25, 0.3) is 0 Å². The lowest BCUT2D eigenvalue weighted by molar-refractivity contribution is 0.0413. The topological polar surface area (TPSA) is 30.5 Å². The minimum absolute atomic E-state index is 0.200. The molecule has 0 aromatic carbocycles. The molecule has 2 rings (SSSR count). The van der Waals surface area contributed by atoms with Crippen LogP contribution in [0.2, 0.25) is 0 Å². The molecule has 2 fully saturated rings. The van der Waals surface area contributed by atoms with E-state index in [1.54, 1.807) is 0 Å². The van der Waals surface area contributed by atoms with E-state index in [0.29, 0.717) is 5.41 Å². The summed E-state index contributed by atoms with van der Waals surface area (Å²) in [6.07, 6.45) is 4.99. The highest BCUT2D eigenvalue weighted by atomic mass is 16.5. The van der Waals surface area contributed by atoms with Crippen molar-refractivity contribution in [3.05, 3.63) is 0 Å². The van der Waals surface area contributed by atoms with Crippen LogP contribution in [0.1, 0.15) is 46.5 Å². The molecule has 0 saturated carbocycles. The Hall–Kier alpha value is -0.120. The zero-order valence-corrected chi connectivity index (χ0v) is 12.3. The second kappa shape index (κ2) is 5.89. The van der Waals surface area contributed by atoms with Crippen molar-refractivity contribution < 1.29 is 9.47 Å². The predicted molar refractivity (Wildman–Crippen MR) is 73.8 cm³/mol. The van der Waals surface area contributed by atoms with Crippen LogP contribution in [0, 0.1) is 11.3 Å². The Kier molecular flexibility index (Phi) is 4.68. The Morgan fingerprint density at radius 3 is 2.39 bits per heavy atom. The van der Waals surface area contributed by atoms with Gasteiger partial charge in [-0.15, -0.1) is 0 Å². The molecule has 0 amide bonds.